The van der Waals surface area contributed by atoms with Gasteiger partial charge in [-0.2, -0.15) is 0 Å². The third-order valence-corrected chi connectivity index (χ3v) is 2.11. The van der Waals surface area contributed by atoms with Crippen molar-refractivity contribution in [2.24, 2.45) is 5.73 Å². The first kappa shape index (κ1) is 14.1. The summed E-state index contributed by atoms with van der Waals surface area (Å²) in [4.78, 5) is 0. The molecule has 0 saturated heterocycles. The minimum absolute atomic E-state index is 0. The van der Waals surface area contributed by atoms with E-state index in [4.69, 9.17) is 10.5 Å². The molecule has 0 bridgehead atoms. The lowest BCUT2D eigenvalue weighted by molar-refractivity contribution is 0.116. The summed E-state index contributed by atoms with van der Waals surface area (Å²) >= 11 is 0. The molecule has 1 aromatic rings. The molecule has 1 atom stereocenters. The van der Waals surface area contributed by atoms with Crippen LogP contribution in [0.4, 0.5) is 8.78 Å². The van der Waals surface area contributed by atoms with Crippen LogP contribution in [-0.4, -0.2) is 13.5 Å². The summed E-state index contributed by atoms with van der Waals surface area (Å²) in [6.07, 6.45) is -2.54. The Morgan fingerprint density at radius 2 is 1.93 bits per heavy atom. The zero-order valence-electron chi connectivity index (χ0n) is 8.54. The van der Waals surface area contributed by atoms with Gasteiger partial charge in [-0.15, -0.1) is 12.4 Å². The highest BCUT2D eigenvalue weighted by atomic mass is 35.5. The molecule has 5 heteroatoms. The second-order valence-corrected chi connectivity index (χ2v) is 3.08. The van der Waals surface area contributed by atoms with Crippen LogP contribution in [0.1, 0.15) is 17.2 Å². The van der Waals surface area contributed by atoms with E-state index < -0.39 is 12.5 Å². The van der Waals surface area contributed by atoms with E-state index in [9.17, 15) is 8.78 Å². The smallest absolute Gasteiger partial charge is 0.257 e. The van der Waals surface area contributed by atoms with Gasteiger partial charge in [0.05, 0.1) is 13.2 Å². The van der Waals surface area contributed by atoms with Gasteiger partial charge in [0.1, 0.15) is 5.75 Å². The van der Waals surface area contributed by atoms with Crippen LogP contribution < -0.4 is 10.5 Å². The van der Waals surface area contributed by atoms with E-state index in [2.05, 4.69) is 0 Å². The number of hydrogen-bond acceptors (Lipinski definition) is 2. The van der Waals surface area contributed by atoms with Gasteiger partial charge in [0.2, 0.25) is 0 Å². The van der Waals surface area contributed by atoms with Crippen molar-refractivity contribution in [2.75, 3.05) is 7.11 Å². The predicted octanol–water partition coefficient (Wildman–Crippen LogP) is 2.69. The van der Waals surface area contributed by atoms with Gasteiger partial charge >= 0.3 is 0 Å². The third kappa shape index (κ3) is 3.32. The molecule has 2 nitrogen and oxygen atoms in total. The van der Waals surface area contributed by atoms with Crippen molar-refractivity contribution in [3.63, 3.8) is 0 Å². The van der Waals surface area contributed by atoms with E-state index in [0.29, 0.717) is 11.3 Å². The zero-order chi connectivity index (χ0) is 10.7. The minimum Gasteiger partial charge on any atom is -0.497 e. The topological polar surface area (TPSA) is 35.2 Å². The van der Waals surface area contributed by atoms with Gasteiger partial charge < -0.3 is 10.5 Å². The summed E-state index contributed by atoms with van der Waals surface area (Å²) in [7, 11) is 1.53. The highest BCUT2D eigenvalue weighted by Gasteiger charge is 2.19. The Balaban J connectivity index is 0.00000196. The van der Waals surface area contributed by atoms with Crippen LogP contribution >= 0.6 is 12.4 Å². The molecule has 0 unspecified atom stereocenters. The second kappa shape index (κ2) is 5.88. The van der Waals surface area contributed by atoms with E-state index in [1.807, 2.05) is 0 Å². The number of methoxy groups -OCH3 is 1. The Bertz CT molecular complexity index is 320. The molecule has 86 valence electrons. The maximum Gasteiger partial charge on any atom is 0.257 e. The molecule has 0 fully saturated rings. The highest BCUT2D eigenvalue weighted by molar-refractivity contribution is 5.85. The predicted molar refractivity (Wildman–Crippen MR) is 57.9 cm³/mol. The number of benzene rings is 1. The van der Waals surface area contributed by atoms with Crippen LogP contribution in [-0.2, 0) is 0 Å². The van der Waals surface area contributed by atoms with Gasteiger partial charge in [-0.05, 0) is 30.2 Å². The quantitative estimate of drug-likeness (QED) is 0.877. The fourth-order valence-corrected chi connectivity index (χ4v) is 1.28. The Kier molecular flexibility index (Phi) is 5.54. The van der Waals surface area contributed by atoms with Crippen LogP contribution in [0.5, 0.6) is 5.75 Å². The second-order valence-electron chi connectivity index (χ2n) is 3.08. The van der Waals surface area contributed by atoms with E-state index in [0.717, 1.165) is 5.56 Å². The number of hydrogen-bond donors (Lipinski definition) is 1. The number of rotatable bonds is 3. The molecule has 1 aromatic carbocycles. The molecule has 2 N–H and O–H groups in total. The average molecular weight is 238 g/mol. The minimum atomic E-state index is -2.54. The van der Waals surface area contributed by atoms with Crippen LogP contribution in [0.2, 0.25) is 0 Å². The number of halogens is 3. The lowest BCUT2D eigenvalue weighted by atomic mass is 10.0. The first-order chi connectivity index (χ1) is 6.56. The fourth-order valence-electron chi connectivity index (χ4n) is 1.28. The highest BCUT2D eigenvalue weighted by Crippen LogP contribution is 2.24. The number of nitrogens with two attached hydrogens (primary N) is 1. The normalized spacial score (nSPS) is 12.1. The van der Waals surface area contributed by atoms with Crippen molar-refractivity contribution in [1.29, 1.82) is 0 Å². The standard InChI is InChI=1S/C10H13F2NO.ClH/c1-6-5-7(14-2)3-4-8(6)9(13)10(11)12;/h3-5,9-10H,13H2,1-2H3;1H/t9-;/m1./s1. The molecule has 0 aliphatic carbocycles. The van der Waals surface area contributed by atoms with Gasteiger partial charge in [0.25, 0.3) is 6.43 Å². The Morgan fingerprint density at radius 1 is 1.33 bits per heavy atom. The molecule has 0 amide bonds. The van der Waals surface area contributed by atoms with Crippen molar-refractivity contribution in [1.82, 2.24) is 0 Å². The molecule has 0 aliphatic rings. The molecular weight excluding hydrogens is 224 g/mol. The average Bonchev–Trinajstić information content (AvgIpc) is 2.16. The molecule has 0 heterocycles. The Labute approximate surface area is 93.8 Å². The van der Waals surface area contributed by atoms with Crippen molar-refractivity contribution in [3.8, 4) is 5.75 Å². The van der Waals surface area contributed by atoms with Gasteiger partial charge in [-0.3, -0.25) is 0 Å². The van der Waals surface area contributed by atoms with E-state index in [1.165, 1.54) is 7.11 Å². The molecule has 1 rings (SSSR count). The molecule has 15 heavy (non-hydrogen) atoms. The Hall–Kier alpha value is -0.870. The molecule has 0 aliphatic heterocycles. The molecule has 0 saturated carbocycles. The van der Waals surface area contributed by atoms with Gasteiger partial charge in [0, 0.05) is 0 Å². The maximum absolute atomic E-state index is 12.3. The van der Waals surface area contributed by atoms with E-state index >= 15 is 0 Å². The largest absolute Gasteiger partial charge is 0.497 e. The maximum atomic E-state index is 12.3. The lowest BCUT2D eigenvalue weighted by Gasteiger charge is -2.14. The lowest BCUT2D eigenvalue weighted by Crippen LogP contribution is -2.19. The van der Waals surface area contributed by atoms with Crippen LogP contribution in [0.15, 0.2) is 18.2 Å². The van der Waals surface area contributed by atoms with Gasteiger partial charge in [-0.1, -0.05) is 6.07 Å². The van der Waals surface area contributed by atoms with Crippen LogP contribution in [0, 0.1) is 6.92 Å². The zero-order valence-corrected chi connectivity index (χ0v) is 9.35. The van der Waals surface area contributed by atoms with Crippen molar-refractivity contribution < 1.29 is 13.5 Å². The number of aryl methyl sites for hydroxylation is 1. The van der Waals surface area contributed by atoms with Crippen LogP contribution in [0.3, 0.4) is 0 Å². The summed E-state index contributed by atoms with van der Waals surface area (Å²) in [5.41, 5.74) is 6.52. The molecule has 0 spiro atoms. The van der Waals surface area contributed by atoms with E-state index in [1.54, 1.807) is 25.1 Å². The van der Waals surface area contributed by atoms with Gasteiger partial charge in [0.15, 0.2) is 0 Å². The van der Waals surface area contributed by atoms with Crippen molar-refractivity contribution in [2.45, 2.75) is 19.4 Å². The first-order valence-electron chi connectivity index (χ1n) is 4.24. The third-order valence-electron chi connectivity index (χ3n) is 2.11. The van der Waals surface area contributed by atoms with Crippen LogP contribution in [0.25, 0.3) is 0 Å². The number of ether oxygens (including phenoxy) is 1. The summed E-state index contributed by atoms with van der Waals surface area (Å²) in [5, 5.41) is 0. The number of alkyl halides is 2. The van der Waals surface area contributed by atoms with Crippen molar-refractivity contribution in [3.05, 3.63) is 29.3 Å². The summed E-state index contributed by atoms with van der Waals surface area (Å²) in [6, 6.07) is 3.67. The summed E-state index contributed by atoms with van der Waals surface area (Å²) in [5.74, 6) is 0.646. The molecule has 0 aromatic heterocycles. The Morgan fingerprint density at radius 3 is 2.33 bits per heavy atom. The molecule has 0 radical (unpaired) electrons. The molecular formula is C10H14ClF2NO. The monoisotopic (exact) mass is 237 g/mol. The van der Waals surface area contributed by atoms with Gasteiger partial charge in [-0.25, -0.2) is 8.78 Å². The summed E-state index contributed by atoms with van der Waals surface area (Å²) < 4.78 is 29.6. The fraction of sp³-hybridized carbons (Fsp3) is 0.400. The summed E-state index contributed by atoms with van der Waals surface area (Å²) in [6.45, 7) is 1.74. The van der Waals surface area contributed by atoms with Crippen molar-refractivity contribution >= 4 is 12.4 Å². The first-order valence-corrected chi connectivity index (χ1v) is 4.24. The SMILES string of the molecule is COc1ccc([C@@H](N)C(F)F)c(C)c1.Cl. The van der Waals surface area contributed by atoms with E-state index in [-0.39, 0.29) is 12.4 Å².